The Balaban J connectivity index is 1.56. The molecule has 2 aliphatic heterocycles. The summed E-state index contributed by atoms with van der Waals surface area (Å²) in [6, 6.07) is 12.3. The Hall–Kier alpha value is -2.93. The molecule has 0 amide bonds. The molecule has 0 unspecified atom stereocenters. The van der Waals surface area contributed by atoms with Crippen molar-refractivity contribution in [2.24, 2.45) is 5.92 Å². The highest BCUT2D eigenvalue weighted by Gasteiger charge is 2.35. The van der Waals surface area contributed by atoms with Gasteiger partial charge >= 0.3 is 5.97 Å². The molecule has 1 aliphatic carbocycles. The number of nitrogens with one attached hydrogen (secondary N) is 1. The number of piperidine rings is 1. The van der Waals surface area contributed by atoms with Gasteiger partial charge in [-0.25, -0.2) is 14.5 Å². The lowest BCUT2D eigenvalue weighted by Crippen LogP contribution is -2.44. The molecule has 7 heteroatoms. The molecule has 7 nitrogen and oxygen atoms in total. The number of aromatic carboxylic acids is 1. The average Bonchev–Trinajstić information content (AvgIpc) is 3.37. The molecular formula is C24H27N5O2. The van der Waals surface area contributed by atoms with E-state index in [2.05, 4.69) is 15.2 Å². The van der Waals surface area contributed by atoms with E-state index in [1.807, 2.05) is 35.0 Å². The van der Waals surface area contributed by atoms with Crippen molar-refractivity contribution < 1.29 is 9.90 Å². The lowest BCUT2D eigenvalue weighted by molar-refractivity contribution is 0.0691. The van der Waals surface area contributed by atoms with Gasteiger partial charge in [-0.05, 0) is 56.3 Å². The molecule has 4 heterocycles. The van der Waals surface area contributed by atoms with Crippen LogP contribution in [0.1, 0.15) is 54.2 Å². The van der Waals surface area contributed by atoms with Crippen molar-refractivity contribution in [1.82, 2.24) is 20.1 Å². The number of hydrogen-bond donors (Lipinski definition) is 2. The van der Waals surface area contributed by atoms with E-state index in [0.29, 0.717) is 23.5 Å². The summed E-state index contributed by atoms with van der Waals surface area (Å²) in [6.45, 7) is 2.96. The number of carbonyl (C=O) groups is 1. The first-order chi connectivity index (χ1) is 15.2. The van der Waals surface area contributed by atoms with Gasteiger partial charge in [0.1, 0.15) is 0 Å². The van der Waals surface area contributed by atoms with Gasteiger partial charge in [-0.1, -0.05) is 24.6 Å². The van der Waals surface area contributed by atoms with E-state index in [-0.39, 0.29) is 5.69 Å². The minimum atomic E-state index is -0.994. The molecule has 2 N–H and O–H groups in total. The van der Waals surface area contributed by atoms with Crippen LogP contribution < -0.4 is 10.2 Å². The predicted molar refractivity (Wildman–Crippen MR) is 119 cm³/mol. The van der Waals surface area contributed by atoms with Crippen LogP contribution in [0.5, 0.6) is 0 Å². The zero-order valence-corrected chi connectivity index (χ0v) is 17.5. The van der Waals surface area contributed by atoms with E-state index in [0.717, 1.165) is 61.4 Å². The number of carboxylic acid groups (broad SMARTS) is 1. The van der Waals surface area contributed by atoms with E-state index < -0.39 is 5.97 Å². The SMILES string of the molecule is O=C(O)c1cc(N2CC[C@@H]3NCC[C@@H]3C2)c2c(C3CCC3)nn(-c3ccccc3)c2n1. The van der Waals surface area contributed by atoms with E-state index >= 15 is 0 Å². The predicted octanol–water partition coefficient (Wildman–Crippen LogP) is 3.57. The molecule has 31 heavy (non-hydrogen) atoms. The maximum atomic E-state index is 12.0. The molecule has 0 spiro atoms. The average molecular weight is 418 g/mol. The molecule has 3 aromatic rings. The van der Waals surface area contributed by atoms with Crippen LogP contribution in [0.4, 0.5) is 5.69 Å². The first-order valence-electron chi connectivity index (χ1n) is 11.4. The van der Waals surface area contributed by atoms with E-state index in [1.54, 1.807) is 6.07 Å². The van der Waals surface area contributed by atoms with E-state index in [1.165, 1.54) is 12.8 Å². The van der Waals surface area contributed by atoms with Crippen LogP contribution >= 0.6 is 0 Å². The van der Waals surface area contributed by atoms with Gasteiger partial charge in [-0.15, -0.1) is 0 Å². The molecule has 2 aromatic heterocycles. The highest BCUT2D eigenvalue weighted by Crippen LogP contribution is 2.43. The molecular weight excluding hydrogens is 390 g/mol. The highest BCUT2D eigenvalue weighted by atomic mass is 16.4. The van der Waals surface area contributed by atoms with E-state index in [4.69, 9.17) is 5.10 Å². The van der Waals surface area contributed by atoms with Gasteiger partial charge < -0.3 is 15.3 Å². The van der Waals surface area contributed by atoms with Crippen LogP contribution in [0.2, 0.25) is 0 Å². The first-order valence-corrected chi connectivity index (χ1v) is 11.4. The van der Waals surface area contributed by atoms with Gasteiger partial charge in [0, 0.05) is 25.0 Å². The van der Waals surface area contributed by atoms with E-state index in [9.17, 15) is 9.90 Å². The third kappa shape index (κ3) is 3.10. The Labute approximate surface area is 181 Å². The fourth-order valence-electron chi connectivity index (χ4n) is 5.46. The molecule has 160 valence electrons. The van der Waals surface area contributed by atoms with Crippen LogP contribution in [0.3, 0.4) is 0 Å². The summed E-state index contributed by atoms with van der Waals surface area (Å²) in [5.41, 5.74) is 3.74. The quantitative estimate of drug-likeness (QED) is 0.675. The minimum absolute atomic E-state index is 0.0893. The lowest BCUT2D eigenvalue weighted by Gasteiger charge is -2.37. The third-order valence-electron chi connectivity index (χ3n) is 7.35. The van der Waals surface area contributed by atoms with Gasteiger partial charge in [0.05, 0.1) is 22.5 Å². The van der Waals surface area contributed by atoms with Crippen LogP contribution in [-0.4, -0.2) is 51.5 Å². The molecule has 0 radical (unpaired) electrons. The highest BCUT2D eigenvalue weighted by molar-refractivity contribution is 5.98. The van der Waals surface area contributed by atoms with Gasteiger partial charge in [-0.2, -0.15) is 5.10 Å². The summed E-state index contributed by atoms with van der Waals surface area (Å²) < 4.78 is 1.85. The van der Waals surface area contributed by atoms with Gasteiger partial charge in [-0.3, -0.25) is 0 Å². The number of anilines is 1. The van der Waals surface area contributed by atoms with Crippen LogP contribution in [0, 0.1) is 5.92 Å². The van der Waals surface area contributed by atoms with Gasteiger partial charge in [0.15, 0.2) is 11.3 Å². The standard InChI is InChI=1S/C24H27N5O2/c30-24(31)19-13-20(28-12-10-18-16(14-28)9-11-25-18)21-22(15-5-4-6-15)27-29(23(21)26-19)17-7-2-1-3-8-17/h1-3,7-8,13,15-16,18,25H,4-6,9-12,14H2,(H,30,31)/t16-,18+/m1/s1. The minimum Gasteiger partial charge on any atom is -0.477 e. The zero-order valence-electron chi connectivity index (χ0n) is 17.5. The number of benzene rings is 1. The molecule has 3 aliphatic rings. The Kier molecular flexibility index (Phi) is 4.45. The summed E-state index contributed by atoms with van der Waals surface area (Å²) in [6.07, 6.45) is 5.76. The number of hydrogen-bond acceptors (Lipinski definition) is 5. The maximum absolute atomic E-state index is 12.0. The normalized spacial score (nSPS) is 23.7. The number of fused-ring (bicyclic) bond motifs is 2. The van der Waals surface area contributed by atoms with Gasteiger partial charge in [0.2, 0.25) is 0 Å². The molecule has 2 saturated heterocycles. The molecule has 3 fully saturated rings. The molecule has 0 bridgehead atoms. The number of rotatable bonds is 4. The summed E-state index contributed by atoms with van der Waals surface area (Å²) >= 11 is 0. The number of aromatic nitrogens is 3. The fourth-order valence-corrected chi connectivity index (χ4v) is 5.46. The van der Waals surface area contributed by atoms with Crippen molar-refractivity contribution in [2.75, 3.05) is 24.5 Å². The second-order valence-corrected chi connectivity index (χ2v) is 9.13. The Morgan fingerprint density at radius 2 is 1.97 bits per heavy atom. The van der Waals surface area contributed by atoms with Gasteiger partial charge in [0.25, 0.3) is 0 Å². The monoisotopic (exact) mass is 417 g/mol. The summed E-state index contributed by atoms with van der Waals surface area (Å²) in [7, 11) is 0. The van der Waals surface area contributed by atoms with Crippen molar-refractivity contribution in [3.63, 3.8) is 0 Å². The Morgan fingerprint density at radius 3 is 2.71 bits per heavy atom. The number of pyridine rings is 1. The fraction of sp³-hybridized carbons (Fsp3) is 0.458. The largest absolute Gasteiger partial charge is 0.477 e. The number of nitrogens with zero attached hydrogens (tertiary/aromatic N) is 4. The lowest BCUT2D eigenvalue weighted by atomic mass is 9.81. The van der Waals surface area contributed by atoms with Crippen LogP contribution in [0.25, 0.3) is 16.7 Å². The van der Waals surface area contributed by atoms with Crippen molar-refractivity contribution in [3.05, 3.63) is 47.8 Å². The van der Waals surface area contributed by atoms with Crippen molar-refractivity contribution in [3.8, 4) is 5.69 Å². The van der Waals surface area contributed by atoms with Crippen molar-refractivity contribution >= 4 is 22.7 Å². The van der Waals surface area contributed by atoms with Crippen LogP contribution in [-0.2, 0) is 0 Å². The Morgan fingerprint density at radius 1 is 1.13 bits per heavy atom. The summed E-state index contributed by atoms with van der Waals surface area (Å²) in [5, 5.41) is 19.5. The first kappa shape index (κ1) is 18.8. The Bertz CT molecular complexity index is 1140. The maximum Gasteiger partial charge on any atom is 0.354 e. The van der Waals surface area contributed by atoms with Crippen molar-refractivity contribution in [2.45, 2.75) is 44.1 Å². The number of para-hydroxylation sites is 1. The molecule has 6 rings (SSSR count). The zero-order chi connectivity index (χ0) is 20.9. The smallest absolute Gasteiger partial charge is 0.354 e. The molecule has 1 aromatic carbocycles. The third-order valence-corrected chi connectivity index (χ3v) is 7.35. The molecule has 2 atom stereocenters. The van der Waals surface area contributed by atoms with Crippen LogP contribution in [0.15, 0.2) is 36.4 Å². The topological polar surface area (TPSA) is 83.3 Å². The molecule has 1 saturated carbocycles. The summed E-state index contributed by atoms with van der Waals surface area (Å²) in [4.78, 5) is 19.0. The summed E-state index contributed by atoms with van der Waals surface area (Å²) in [5.74, 6) is 0.0440. The number of carboxylic acids is 1. The second-order valence-electron chi connectivity index (χ2n) is 9.13. The van der Waals surface area contributed by atoms with Crippen molar-refractivity contribution in [1.29, 1.82) is 0 Å². The second kappa shape index (κ2) is 7.34.